The highest BCUT2D eigenvalue weighted by Crippen LogP contribution is 2.31. The van der Waals surface area contributed by atoms with Crippen molar-refractivity contribution in [2.24, 2.45) is 0 Å². The van der Waals surface area contributed by atoms with Gasteiger partial charge < -0.3 is 5.32 Å². The van der Waals surface area contributed by atoms with Crippen LogP contribution in [0.5, 0.6) is 0 Å². The molecule has 2 aromatic carbocycles. The molecule has 2 nitrogen and oxygen atoms in total. The molecule has 0 amide bonds. The van der Waals surface area contributed by atoms with Crippen LogP contribution in [0.3, 0.4) is 0 Å². The summed E-state index contributed by atoms with van der Waals surface area (Å²) in [7, 11) is 0. The molecule has 3 heteroatoms. The summed E-state index contributed by atoms with van der Waals surface area (Å²) in [4.78, 5) is 2.59. The zero-order valence-electron chi connectivity index (χ0n) is 12.3. The van der Waals surface area contributed by atoms with Crippen LogP contribution in [0.2, 0.25) is 0 Å². The van der Waals surface area contributed by atoms with Crippen LogP contribution >= 0.6 is 15.9 Å². The van der Waals surface area contributed by atoms with Gasteiger partial charge in [0, 0.05) is 30.7 Å². The molecule has 1 aliphatic heterocycles. The van der Waals surface area contributed by atoms with Crippen molar-refractivity contribution in [3.8, 4) is 0 Å². The molecule has 0 saturated carbocycles. The summed E-state index contributed by atoms with van der Waals surface area (Å²) in [5, 5.41) is 3.55. The van der Waals surface area contributed by atoms with Crippen molar-refractivity contribution in [1.29, 1.82) is 0 Å². The molecule has 0 bridgehead atoms. The van der Waals surface area contributed by atoms with Crippen LogP contribution in [0.25, 0.3) is 0 Å². The zero-order chi connectivity index (χ0) is 14.7. The van der Waals surface area contributed by atoms with Gasteiger partial charge in [0.2, 0.25) is 0 Å². The Bertz CT molecular complexity index is 582. The SMILES string of the molecule is CC1(c2ccccc2)CNCCN1Cc1ccc(Br)cc1. The molecule has 0 aromatic heterocycles. The van der Waals surface area contributed by atoms with Gasteiger partial charge in [0.1, 0.15) is 0 Å². The van der Waals surface area contributed by atoms with Gasteiger partial charge in [-0.2, -0.15) is 0 Å². The van der Waals surface area contributed by atoms with E-state index in [2.05, 4.69) is 87.7 Å². The van der Waals surface area contributed by atoms with Crippen LogP contribution in [0.15, 0.2) is 59.1 Å². The maximum Gasteiger partial charge on any atom is 0.0561 e. The second kappa shape index (κ2) is 6.30. The fourth-order valence-corrected chi connectivity index (χ4v) is 3.31. The molecule has 1 aliphatic rings. The number of hydrogen-bond acceptors (Lipinski definition) is 2. The Kier molecular flexibility index (Phi) is 4.43. The molecule has 1 heterocycles. The number of piperazine rings is 1. The molecule has 1 fully saturated rings. The van der Waals surface area contributed by atoms with Crippen molar-refractivity contribution in [1.82, 2.24) is 10.2 Å². The minimum absolute atomic E-state index is 0.0482. The number of halogens is 1. The van der Waals surface area contributed by atoms with E-state index in [1.807, 2.05) is 0 Å². The first-order valence-corrected chi connectivity index (χ1v) is 8.23. The summed E-state index contributed by atoms with van der Waals surface area (Å²) in [5.41, 5.74) is 2.80. The Labute approximate surface area is 135 Å². The lowest BCUT2D eigenvalue weighted by Gasteiger charge is -2.45. The number of benzene rings is 2. The van der Waals surface area contributed by atoms with E-state index in [1.165, 1.54) is 11.1 Å². The quantitative estimate of drug-likeness (QED) is 0.911. The summed E-state index contributed by atoms with van der Waals surface area (Å²) >= 11 is 3.51. The molecule has 1 N–H and O–H groups in total. The normalized spacial score (nSPS) is 23.1. The van der Waals surface area contributed by atoms with E-state index in [9.17, 15) is 0 Å². The Morgan fingerprint density at radius 2 is 1.81 bits per heavy atom. The van der Waals surface area contributed by atoms with Crippen LogP contribution in [-0.4, -0.2) is 24.5 Å². The lowest BCUT2D eigenvalue weighted by atomic mass is 9.88. The monoisotopic (exact) mass is 344 g/mol. The minimum atomic E-state index is 0.0482. The summed E-state index contributed by atoms with van der Waals surface area (Å²) in [6.07, 6.45) is 0. The Morgan fingerprint density at radius 3 is 2.52 bits per heavy atom. The molecule has 2 aromatic rings. The van der Waals surface area contributed by atoms with Crippen molar-refractivity contribution in [2.75, 3.05) is 19.6 Å². The zero-order valence-corrected chi connectivity index (χ0v) is 13.9. The van der Waals surface area contributed by atoms with Gasteiger partial charge in [-0.05, 0) is 30.2 Å². The minimum Gasteiger partial charge on any atom is -0.313 e. The van der Waals surface area contributed by atoms with Crippen LogP contribution in [0, 0.1) is 0 Å². The van der Waals surface area contributed by atoms with Gasteiger partial charge in [-0.15, -0.1) is 0 Å². The predicted octanol–water partition coefficient (Wildman–Crippen LogP) is 3.77. The van der Waals surface area contributed by atoms with E-state index in [0.717, 1.165) is 30.7 Å². The van der Waals surface area contributed by atoms with Crippen LogP contribution in [0.4, 0.5) is 0 Å². The molecule has 1 unspecified atom stereocenters. The smallest absolute Gasteiger partial charge is 0.0561 e. The predicted molar refractivity (Wildman–Crippen MR) is 91.2 cm³/mol. The Hall–Kier alpha value is -1.16. The second-order valence-corrected chi connectivity index (χ2v) is 6.78. The number of hydrogen-bond donors (Lipinski definition) is 1. The van der Waals surface area contributed by atoms with Gasteiger partial charge in [0.05, 0.1) is 5.54 Å². The molecule has 1 atom stereocenters. The molecule has 3 rings (SSSR count). The highest BCUT2D eigenvalue weighted by molar-refractivity contribution is 9.10. The average Bonchev–Trinajstić information content (AvgIpc) is 2.53. The van der Waals surface area contributed by atoms with E-state index in [1.54, 1.807) is 0 Å². The van der Waals surface area contributed by atoms with Gasteiger partial charge in [-0.1, -0.05) is 58.4 Å². The molecular formula is C18H21BrN2. The van der Waals surface area contributed by atoms with Crippen molar-refractivity contribution >= 4 is 15.9 Å². The maximum atomic E-state index is 3.55. The van der Waals surface area contributed by atoms with Gasteiger partial charge in [0.25, 0.3) is 0 Å². The molecule has 0 radical (unpaired) electrons. The van der Waals surface area contributed by atoms with Gasteiger partial charge >= 0.3 is 0 Å². The summed E-state index contributed by atoms with van der Waals surface area (Å²) < 4.78 is 1.14. The Morgan fingerprint density at radius 1 is 1.10 bits per heavy atom. The standard InChI is InChI=1S/C18H21BrN2/c1-18(16-5-3-2-4-6-16)14-20-11-12-21(18)13-15-7-9-17(19)10-8-15/h2-10,20H,11-14H2,1H3. The lowest BCUT2D eigenvalue weighted by molar-refractivity contribution is 0.0650. The van der Waals surface area contributed by atoms with E-state index >= 15 is 0 Å². The highest BCUT2D eigenvalue weighted by atomic mass is 79.9. The second-order valence-electron chi connectivity index (χ2n) is 5.86. The first kappa shape index (κ1) is 14.8. The van der Waals surface area contributed by atoms with Crippen molar-refractivity contribution in [3.05, 3.63) is 70.2 Å². The molecular weight excluding hydrogens is 324 g/mol. The fourth-order valence-electron chi connectivity index (χ4n) is 3.05. The van der Waals surface area contributed by atoms with E-state index in [0.29, 0.717) is 0 Å². The topological polar surface area (TPSA) is 15.3 Å². The fraction of sp³-hybridized carbons (Fsp3) is 0.333. The van der Waals surface area contributed by atoms with E-state index in [-0.39, 0.29) is 5.54 Å². The Balaban J connectivity index is 1.86. The summed E-state index contributed by atoms with van der Waals surface area (Å²) in [5.74, 6) is 0. The average molecular weight is 345 g/mol. The van der Waals surface area contributed by atoms with Crippen LogP contribution in [0.1, 0.15) is 18.1 Å². The molecule has 1 saturated heterocycles. The van der Waals surface area contributed by atoms with Crippen molar-refractivity contribution in [2.45, 2.75) is 19.0 Å². The van der Waals surface area contributed by atoms with Gasteiger partial charge in [0.15, 0.2) is 0 Å². The molecule has 110 valence electrons. The van der Waals surface area contributed by atoms with Crippen LogP contribution in [-0.2, 0) is 12.1 Å². The largest absolute Gasteiger partial charge is 0.313 e. The third kappa shape index (κ3) is 3.20. The van der Waals surface area contributed by atoms with E-state index in [4.69, 9.17) is 0 Å². The van der Waals surface area contributed by atoms with Gasteiger partial charge in [-0.3, -0.25) is 4.90 Å². The third-order valence-electron chi connectivity index (χ3n) is 4.41. The number of rotatable bonds is 3. The van der Waals surface area contributed by atoms with Crippen molar-refractivity contribution < 1.29 is 0 Å². The van der Waals surface area contributed by atoms with Crippen molar-refractivity contribution in [3.63, 3.8) is 0 Å². The summed E-state index contributed by atoms with van der Waals surface area (Å²) in [6, 6.07) is 19.5. The van der Waals surface area contributed by atoms with E-state index < -0.39 is 0 Å². The number of nitrogens with zero attached hydrogens (tertiary/aromatic N) is 1. The maximum absolute atomic E-state index is 3.55. The molecule has 0 aliphatic carbocycles. The highest BCUT2D eigenvalue weighted by Gasteiger charge is 2.35. The molecule has 0 spiro atoms. The van der Waals surface area contributed by atoms with Crippen LogP contribution < -0.4 is 5.32 Å². The first-order chi connectivity index (χ1) is 10.2. The lowest BCUT2D eigenvalue weighted by Crippen LogP contribution is -2.56. The number of nitrogens with one attached hydrogen (secondary N) is 1. The summed E-state index contributed by atoms with van der Waals surface area (Å²) in [6.45, 7) is 6.45. The first-order valence-electron chi connectivity index (χ1n) is 7.44. The third-order valence-corrected chi connectivity index (χ3v) is 4.94. The van der Waals surface area contributed by atoms with Gasteiger partial charge in [-0.25, -0.2) is 0 Å². The molecule has 21 heavy (non-hydrogen) atoms.